The van der Waals surface area contributed by atoms with Gasteiger partial charge >= 0.3 is 0 Å². The van der Waals surface area contributed by atoms with Gasteiger partial charge in [0, 0.05) is 6.07 Å². The summed E-state index contributed by atoms with van der Waals surface area (Å²) < 4.78 is 0. The highest BCUT2D eigenvalue weighted by Gasteiger charge is 2.08. The standard InChI is InChI=1S/C14H14O2/c1-9-4-3-5-11(6-9)13-7-12(15)8-14(16)10(13)2/h3-8,15-16H,1-2H3. The van der Waals surface area contributed by atoms with Gasteiger partial charge in [-0.1, -0.05) is 29.8 Å². The molecule has 0 fully saturated rings. The summed E-state index contributed by atoms with van der Waals surface area (Å²) in [7, 11) is 0. The van der Waals surface area contributed by atoms with Crippen LogP contribution in [0.5, 0.6) is 11.5 Å². The highest BCUT2D eigenvalue weighted by atomic mass is 16.3. The zero-order chi connectivity index (χ0) is 11.7. The Morgan fingerprint density at radius 3 is 2.38 bits per heavy atom. The van der Waals surface area contributed by atoms with Gasteiger partial charge < -0.3 is 10.2 Å². The molecule has 0 saturated heterocycles. The van der Waals surface area contributed by atoms with Crippen LogP contribution in [-0.4, -0.2) is 10.2 Å². The number of rotatable bonds is 1. The normalized spacial score (nSPS) is 10.4. The molecule has 0 spiro atoms. The minimum atomic E-state index is 0.0830. The minimum absolute atomic E-state index is 0.0830. The van der Waals surface area contributed by atoms with Gasteiger partial charge in [-0.2, -0.15) is 0 Å². The van der Waals surface area contributed by atoms with Crippen molar-refractivity contribution in [3.05, 3.63) is 47.5 Å². The lowest BCUT2D eigenvalue weighted by atomic mass is 9.98. The van der Waals surface area contributed by atoms with E-state index < -0.39 is 0 Å². The van der Waals surface area contributed by atoms with Crippen molar-refractivity contribution in [1.29, 1.82) is 0 Å². The number of benzene rings is 2. The second-order valence-electron chi connectivity index (χ2n) is 4.01. The quantitative estimate of drug-likeness (QED) is 0.764. The van der Waals surface area contributed by atoms with E-state index in [1.165, 1.54) is 6.07 Å². The van der Waals surface area contributed by atoms with E-state index in [4.69, 9.17) is 0 Å². The van der Waals surface area contributed by atoms with Crippen molar-refractivity contribution in [2.24, 2.45) is 0 Å². The number of aryl methyl sites for hydroxylation is 1. The summed E-state index contributed by atoms with van der Waals surface area (Å²) in [6.07, 6.45) is 0. The summed E-state index contributed by atoms with van der Waals surface area (Å²) in [6.45, 7) is 3.86. The van der Waals surface area contributed by atoms with E-state index >= 15 is 0 Å². The van der Waals surface area contributed by atoms with Gasteiger partial charge in [0.05, 0.1) is 0 Å². The number of phenols is 2. The van der Waals surface area contributed by atoms with Crippen LogP contribution in [-0.2, 0) is 0 Å². The fourth-order valence-electron chi connectivity index (χ4n) is 1.80. The Kier molecular flexibility index (Phi) is 2.57. The lowest BCUT2D eigenvalue weighted by Gasteiger charge is -2.09. The molecule has 0 aliphatic carbocycles. The second-order valence-corrected chi connectivity index (χ2v) is 4.01. The summed E-state index contributed by atoms with van der Waals surface area (Å²) in [5.41, 5.74) is 3.80. The molecule has 82 valence electrons. The molecule has 0 heterocycles. The largest absolute Gasteiger partial charge is 0.508 e. The smallest absolute Gasteiger partial charge is 0.122 e. The molecule has 2 nitrogen and oxygen atoms in total. The molecule has 0 aliphatic rings. The summed E-state index contributed by atoms with van der Waals surface area (Å²) in [6, 6.07) is 11.0. The van der Waals surface area contributed by atoms with Gasteiger partial charge in [0.1, 0.15) is 11.5 Å². The van der Waals surface area contributed by atoms with Crippen LogP contribution in [0.1, 0.15) is 11.1 Å². The molecule has 2 aromatic carbocycles. The van der Waals surface area contributed by atoms with Crippen molar-refractivity contribution in [2.75, 3.05) is 0 Å². The summed E-state index contributed by atoms with van der Waals surface area (Å²) in [5.74, 6) is 0.205. The predicted molar refractivity (Wildman–Crippen MR) is 64.7 cm³/mol. The topological polar surface area (TPSA) is 40.5 Å². The van der Waals surface area contributed by atoms with Crippen LogP contribution in [0.25, 0.3) is 11.1 Å². The zero-order valence-corrected chi connectivity index (χ0v) is 9.36. The van der Waals surface area contributed by atoms with Gasteiger partial charge in [0.15, 0.2) is 0 Å². The van der Waals surface area contributed by atoms with Crippen LogP contribution in [0.2, 0.25) is 0 Å². The zero-order valence-electron chi connectivity index (χ0n) is 9.36. The second kappa shape index (κ2) is 3.89. The van der Waals surface area contributed by atoms with Crippen molar-refractivity contribution in [2.45, 2.75) is 13.8 Å². The van der Waals surface area contributed by atoms with Crippen LogP contribution >= 0.6 is 0 Å². The van der Waals surface area contributed by atoms with Crippen LogP contribution in [0.4, 0.5) is 0 Å². The molecule has 0 atom stereocenters. The maximum absolute atomic E-state index is 9.65. The van der Waals surface area contributed by atoms with Gasteiger partial charge in [0.2, 0.25) is 0 Å². The minimum Gasteiger partial charge on any atom is -0.508 e. The molecule has 2 N–H and O–H groups in total. The molecular weight excluding hydrogens is 200 g/mol. The Labute approximate surface area is 94.8 Å². The van der Waals surface area contributed by atoms with E-state index in [1.54, 1.807) is 6.07 Å². The molecule has 0 aromatic heterocycles. The van der Waals surface area contributed by atoms with E-state index in [1.807, 2.05) is 38.1 Å². The third-order valence-electron chi connectivity index (χ3n) is 2.69. The van der Waals surface area contributed by atoms with Gasteiger partial charge in [-0.05, 0) is 36.6 Å². The first-order chi connectivity index (χ1) is 7.58. The third kappa shape index (κ3) is 1.87. The molecule has 0 unspecified atom stereocenters. The maximum Gasteiger partial charge on any atom is 0.122 e. The molecule has 2 heteroatoms. The summed E-state index contributed by atoms with van der Waals surface area (Å²) in [5, 5.41) is 19.1. The Morgan fingerprint density at radius 2 is 1.69 bits per heavy atom. The summed E-state index contributed by atoms with van der Waals surface area (Å²) >= 11 is 0. The van der Waals surface area contributed by atoms with E-state index in [2.05, 4.69) is 0 Å². The van der Waals surface area contributed by atoms with E-state index in [0.717, 1.165) is 22.3 Å². The number of phenolic OH excluding ortho intramolecular Hbond substituents is 2. The molecule has 2 rings (SSSR count). The first-order valence-corrected chi connectivity index (χ1v) is 5.17. The lowest BCUT2D eigenvalue weighted by Crippen LogP contribution is -1.85. The van der Waals surface area contributed by atoms with Crippen LogP contribution in [0, 0.1) is 13.8 Å². The third-order valence-corrected chi connectivity index (χ3v) is 2.69. The Bertz CT molecular complexity index is 530. The maximum atomic E-state index is 9.65. The van der Waals surface area contributed by atoms with Crippen molar-refractivity contribution in [3.8, 4) is 22.6 Å². The van der Waals surface area contributed by atoms with E-state index in [9.17, 15) is 10.2 Å². The van der Waals surface area contributed by atoms with Crippen molar-refractivity contribution >= 4 is 0 Å². The molecule has 0 saturated carbocycles. The molecular formula is C14H14O2. The Hall–Kier alpha value is -1.96. The van der Waals surface area contributed by atoms with Gasteiger partial charge in [0.25, 0.3) is 0 Å². The number of hydrogen-bond donors (Lipinski definition) is 2. The fourth-order valence-corrected chi connectivity index (χ4v) is 1.80. The Balaban J connectivity index is 2.64. The molecule has 0 aliphatic heterocycles. The monoisotopic (exact) mass is 214 g/mol. The lowest BCUT2D eigenvalue weighted by molar-refractivity contribution is 0.448. The molecule has 0 radical (unpaired) electrons. The average Bonchev–Trinajstić information content (AvgIpc) is 2.23. The molecule has 2 aromatic rings. The first kappa shape index (κ1) is 10.6. The predicted octanol–water partition coefficient (Wildman–Crippen LogP) is 3.38. The molecule has 0 amide bonds. The van der Waals surface area contributed by atoms with Crippen molar-refractivity contribution in [1.82, 2.24) is 0 Å². The molecule has 16 heavy (non-hydrogen) atoms. The van der Waals surface area contributed by atoms with Crippen molar-refractivity contribution < 1.29 is 10.2 Å². The van der Waals surface area contributed by atoms with E-state index in [0.29, 0.717) is 0 Å². The van der Waals surface area contributed by atoms with Crippen LogP contribution in [0.15, 0.2) is 36.4 Å². The fraction of sp³-hybridized carbons (Fsp3) is 0.143. The van der Waals surface area contributed by atoms with Gasteiger partial charge in [-0.3, -0.25) is 0 Å². The van der Waals surface area contributed by atoms with Gasteiger partial charge in [-0.25, -0.2) is 0 Å². The first-order valence-electron chi connectivity index (χ1n) is 5.17. The molecule has 0 bridgehead atoms. The SMILES string of the molecule is Cc1cccc(-c2cc(O)cc(O)c2C)c1. The average molecular weight is 214 g/mol. The van der Waals surface area contributed by atoms with Gasteiger partial charge in [-0.15, -0.1) is 0 Å². The summed E-state index contributed by atoms with van der Waals surface area (Å²) in [4.78, 5) is 0. The van der Waals surface area contributed by atoms with Crippen LogP contribution < -0.4 is 0 Å². The number of aromatic hydroxyl groups is 2. The Morgan fingerprint density at radius 1 is 0.938 bits per heavy atom. The van der Waals surface area contributed by atoms with Crippen molar-refractivity contribution in [3.63, 3.8) is 0 Å². The van der Waals surface area contributed by atoms with Crippen LogP contribution in [0.3, 0.4) is 0 Å². The highest BCUT2D eigenvalue weighted by molar-refractivity contribution is 5.71. The van der Waals surface area contributed by atoms with E-state index in [-0.39, 0.29) is 11.5 Å². The highest BCUT2D eigenvalue weighted by Crippen LogP contribution is 2.33. The number of hydrogen-bond acceptors (Lipinski definition) is 2.